The van der Waals surface area contributed by atoms with E-state index in [-0.39, 0.29) is 13.1 Å². The summed E-state index contributed by atoms with van der Waals surface area (Å²) in [6.07, 6.45) is -0.812. The Morgan fingerprint density at radius 3 is 1.56 bits per heavy atom. The van der Waals surface area contributed by atoms with Crippen LogP contribution in [0.2, 0.25) is 0 Å². The Morgan fingerprint density at radius 1 is 1.00 bits per heavy atom. The molecule has 2 unspecified atom stereocenters. The zero-order valence-corrected chi connectivity index (χ0v) is 12.7. The first-order chi connectivity index (χ1) is 7.31. The van der Waals surface area contributed by atoms with Gasteiger partial charge in [-0.2, -0.15) is 0 Å². The van der Waals surface area contributed by atoms with Gasteiger partial charge in [0.25, 0.3) is 0 Å². The summed E-state index contributed by atoms with van der Waals surface area (Å²) in [5.74, 6) is 0. The molecule has 0 amide bonds. The second kappa shape index (κ2) is 9.20. The number of hydrogen-bond donors (Lipinski definition) is 0. The lowest BCUT2D eigenvalue weighted by molar-refractivity contribution is 0.137. The van der Waals surface area contributed by atoms with Gasteiger partial charge in [-0.05, 0) is 61.0 Å². The molecule has 10 heteroatoms. The maximum absolute atomic E-state index is 11.4. The number of nitrogens with zero attached hydrogens (tertiary/aromatic N) is 2. The summed E-state index contributed by atoms with van der Waals surface area (Å²) >= 11 is 21.5. The average molecular weight is 334 g/mol. The Hall–Kier alpha value is 1.23. The smallest absolute Gasteiger partial charge is 0.306 e. The van der Waals surface area contributed by atoms with Crippen molar-refractivity contribution in [2.45, 2.75) is 26.1 Å². The van der Waals surface area contributed by atoms with Gasteiger partial charge in [0.1, 0.15) is 0 Å². The molecule has 0 bridgehead atoms. The molecule has 0 spiro atoms. The molecule has 0 radical (unpaired) electrons. The van der Waals surface area contributed by atoms with Crippen LogP contribution in [0.3, 0.4) is 0 Å². The van der Waals surface area contributed by atoms with Crippen molar-refractivity contribution in [3.8, 4) is 0 Å². The monoisotopic (exact) mass is 332 g/mol. The third-order valence-corrected chi connectivity index (χ3v) is 3.13. The van der Waals surface area contributed by atoms with Crippen LogP contribution in [0, 0.1) is 0 Å². The Bertz CT molecular complexity index is 202. The van der Waals surface area contributed by atoms with E-state index in [4.69, 9.17) is 56.2 Å². The maximum Gasteiger partial charge on any atom is 0.319 e. The molecular formula is C6H13Cl4N2O3P. The molecule has 0 aromatic carbocycles. The van der Waals surface area contributed by atoms with E-state index in [1.165, 1.54) is 0 Å². The zero-order chi connectivity index (χ0) is 12.7. The largest absolute Gasteiger partial charge is 0.319 e. The van der Waals surface area contributed by atoms with Gasteiger partial charge >= 0.3 is 8.25 Å². The van der Waals surface area contributed by atoms with Crippen LogP contribution in [-0.2, 0) is 13.6 Å². The topological polar surface area (TPSA) is 42.0 Å². The van der Waals surface area contributed by atoms with Crippen molar-refractivity contribution in [2.24, 2.45) is 0 Å². The van der Waals surface area contributed by atoms with E-state index < -0.39 is 20.5 Å². The third-order valence-electron chi connectivity index (χ3n) is 1.39. The maximum atomic E-state index is 11.4. The van der Waals surface area contributed by atoms with Crippen LogP contribution >= 0.6 is 55.4 Å². The first kappa shape index (κ1) is 17.2. The van der Waals surface area contributed by atoms with Gasteiger partial charge < -0.3 is 9.05 Å². The quantitative estimate of drug-likeness (QED) is 0.503. The lowest BCUT2D eigenvalue weighted by atomic mass is 10.4. The first-order valence-electron chi connectivity index (χ1n) is 4.36. The van der Waals surface area contributed by atoms with Gasteiger partial charge in [0.05, 0.1) is 25.3 Å². The Morgan fingerprint density at radius 2 is 1.31 bits per heavy atom. The summed E-state index contributed by atoms with van der Waals surface area (Å²) in [7, 11) is -2.62. The Kier molecular flexibility index (Phi) is 9.91. The molecule has 0 rings (SSSR count). The number of hydrogen-bond acceptors (Lipinski definition) is 5. The molecule has 0 aliphatic heterocycles. The van der Waals surface area contributed by atoms with Crippen molar-refractivity contribution >= 4 is 55.4 Å². The van der Waals surface area contributed by atoms with Crippen LogP contribution in [0.25, 0.3) is 0 Å². The summed E-state index contributed by atoms with van der Waals surface area (Å²) in [5, 5.41) is 0. The van der Waals surface area contributed by atoms with E-state index >= 15 is 0 Å². The predicted molar refractivity (Wildman–Crippen MR) is 66.9 cm³/mol. The van der Waals surface area contributed by atoms with Crippen LogP contribution < -0.4 is 0 Å². The van der Waals surface area contributed by atoms with E-state index in [1.54, 1.807) is 13.8 Å². The molecule has 0 aliphatic carbocycles. The van der Waals surface area contributed by atoms with Gasteiger partial charge in [-0.1, -0.05) is 0 Å². The second-order valence-corrected chi connectivity index (χ2v) is 6.03. The van der Waals surface area contributed by atoms with Gasteiger partial charge in [-0.3, -0.25) is 4.57 Å². The fourth-order valence-corrected chi connectivity index (χ4v) is 2.46. The molecule has 0 aromatic rings. The van der Waals surface area contributed by atoms with Crippen molar-refractivity contribution < 1.29 is 13.6 Å². The zero-order valence-electron chi connectivity index (χ0n) is 8.70. The van der Waals surface area contributed by atoms with Crippen molar-refractivity contribution in [3.05, 3.63) is 0 Å². The van der Waals surface area contributed by atoms with E-state index in [0.717, 1.165) is 7.88 Å². The van der Waals surface area contributed by atoms with Gasteiger partial charge in [-0.15, -0.1) is 7.88 Å². The number of halogens is 4. The van der Waals surface area contributed by atoms with Crippen molar-refractivity contribution in [2.75, 3.05) is 13.1 Å². The minimum Gasteiger partial charge on any atom is -0.306 e. The van der Waals surface area contributed by atoms with Gasteiger partial charge in [0.15, 0.2) is 0 Å². The Labute approximate surface area is 116 Å². The van der Waals surface area contributed by atoms with E-state index in [2.05, 4.69) is 0 Å². The SMILES string of the molecule is CC(CN(Cl)Cl)O[PH](=O)OC(C)CN(Cl)Cl. The highest BCUT2D eigenvalue weighted by atomic mass is 35.5. The van der Waals surface area contributed by atoms with Gasteiger partial charge in [0.2, 0.25) is 0 Å². The molecule has 5 nitrogen and oxygen atoms in total. The third kappa shape index (κ3) is 10.4. The highest BCUT2D eigenvalue weighted by Crippen LogP contribution is 2.29. The standard InChI is InChI=1S/C6H13Cl4N2O3P/c1-5(3-11(7)8)14-16(13)15-6(2)4-12(9)10/h5-6,16H,3-4H2,1-2H3. The first-order valence-corrected chi connectivity index (χ1v) is 6.94. The minimum absolute atomic E-state index is 0.217. The van der Waals surface area contributed by atoms with Crippen molar-refractivity contribution in [3.63, 3.8) is 0 Å². The summed E-state index contributed by atoms with van der Waals surface area (Å²) in [6.45, 7) is 3.77. The lowest BCUT2D eigenvalue weighted by Crippen LogP contribution is -2.20. The molecule has 16 heavy (non-hydrogen) atoms. The molecule has 2 atom stereocenters. The van der Waals surface area contributed by atoms with E-state index in [1.807, 2.05) is 0 Å². The highest BCUT2D eigenvalue weighted by Gasteiger charge is 2.14. The van der Waals surface area contributed by atoms with Gasteiger partial charge in [0, 0.05) is 0 Å². The fourth-order valence-electron chi connectivity index (χ4n) is 0.820. The lowest BCUT2D eigenvalue weighted by Gasteiger charge is -2.17. The van der Waals surface area contributed by atoms with Crippen LogP contribution in [-0.4, -0.2) is 33.2 Å². The molecule has 0 saturated carbocycles. The summed E-state index contributed by atoms with van der Waals surface area (Å²) in [6, 6.07) is 0. The molecule has 0 saturated heterocycles. The predicted octanol–water partition coefficient (Wildman–Crippen LogP) is 3.41. The van der Waals surface area contributed by atoms with Gasteiger partial charge in [-0.25, -0.2) is 0 Å². The minimum atomic E-state index is -2.62. The molecule has 0 aromatic heterocycles. The van der Waals surface area contributed by atoms with E-state index in [9.17, 15) is 4.57 Å². The molecule has 0 heterocycles. The Balaban J connectivity index is 3.80. The molecule has 0 N–H and O–H groups in total. The highest BCUT2D eigenvalue weighted by molar-refractivity contribution is 7.33. The number of rotatable bonds is 8. The normalized spacial score (nSPS) is 17.8. The molecular weight excluding hydrogens is 321 g/mol. The van der Waals surface area contributed by atoms with Crippen LogP contribution in [0.5, 0.6) is 0 Å². The van der Waals surface area contributed by atoms with Crippen LogP contribution in [0.15, 0.2) is 0 Å². The van der Waals surface area contributed by atoms with Crippen molar-refractivity contribution in [1.82, 2.24) is 7.88 Å². The molecule has 0 aliphatic rings. The molecule has 0 fully saturated rings. The fraction of sp³-hybridized carbons (Fsp3) is 1.00. The van der Waals surface area contributed by atoms with Crippen LogP contribution in [0.4, 0.5) is 0 Å². The summed E-state index contributed by atoms with van der Waals surface area (Å²) < 4.78 is 23.2. The van der Waals surface area contributed by atoms with E-state index in [0.29, 0.717) is 0 Å². The second-order valence-electron chi connectivity index (χ2n) is 3.08. The van der Waals surface area contributed by atoms with Crippen LogP contribution in [0.1, 0.15) is 13.8 Å². The average Bonchev–Trinajstić information content (AvgIpc) is 1.97. The summed E-state index contributed by atoms with van der Waals surface area (Å²) in [4.78, 5) is 0. The molecule has 98 valence electrons. The summed E-state index contributed by atoms with van der Waals surface area (Å²) in [5.41, 5.74) is 0. The van der Waals surface area contributed by atoms with Crippen molar-refractivity contribution in [1.29, 1.82) is 0 Å².